The monoisotopic (exact) mass is 525 g/mol. The molecule has 0 saturated carbocycles. The number of likely N-dealkylation sites (tertiary alicyclic amines) is 1. The zero-order valence-corrected chi connectivity index (χ0v) is 20.6. The number of halogens is 4. The van der Waals surface area contributed by atoms with Gasteiger partial charge in [-0.15, -0.1) is 0 Å². The zero-order valence-electron chi connectivity index (χ0n) is 19.8. The summed E-state index contributed by atoms with van der Waals surface area (Å²) in [6.07, 6.45) is -0.576. The van der Waals surface area contributed by atoms with Crippen LogP contribution in [0.2, 0.25) is 5.02 Å². The third-order valence-electron chi connectivity index (χ3n) is 5.95. The van der Waals surface area contributed by atoms with Crippen molar-refractivity contribution in [1.29, 1.82) is 0 Å². The molecule has 36 heavy (non-hydrogen) atoms. The minimum atomic E-state index is -4.87. The van der Waals surface area contributed by atoms with Crippen molar-refractivity contribution in [3.05, 3.63) is 84.8 Å². The minimum absolute atomic E-state index is 0.0966. The fourth-order valence-corrected chi connectivity index (χ4v) is 4.33. The van der Waals surface area contributed by atoms with Crippen LogP contribution in [0.25, 0.3) is 5.70 Å². The Morgan fingerprint density at radius 3 is 2.39 bits per heavy atom. The van der Waals surface area contributed by atoms with Gasteiger partial charge in [0.25, 0.3) is 5.56 Å². The van der Waals surface area contributed by atoms with E-state index in [1.54, 1.807) is 27.0 Å². The Kier molecular flexibility index (Phi) is 7.09. The molecular weight excluding hydrogens is 503 g/mol. The highest BCUT2D eigenvalue weighted by Gasteiger charge is 2.40. The van der Waals surface area contributed by atoms with Crippen LogP contribution >= 0.6 is 11.6 Å². The van der Waals surface area contributed by atoms with Gasteiger partial charge >= 0.3 is 17.8 Å². The first-order valence-electron chi connectivity index (χ1n) is 10.7. The van der Waals surface area contributed by atoms with Crippen molar-refractivity contribution in [3.63, 3.8) is 0 Å². The molecule has 0 spiro atoms. The summed E-state index contributed by atoms with van der Waals surface area (Å²) >= 11 is 5.74. The topological polar surface area (TPSA) is 102 Å². The van der Waals surface area contributed by atoms with Gasteiger partial charge in [-0.3, -0.25) is 18.7 Å². The first-order chi connectivity index (χ1) is 16.6. The first-order valence-corrected chi connectivity index (χ1v) is 11.0. The third-order valence-corrected chi connectivity index (χ3v) is 6.26. The molecule has 2 heterocycles. The third kappa shape index (κ3) is 5.01. The van der Waals surface area contributed by atoms with E-state index in [9.17, 15) is 37.5 Å². The van der Waals surface area contributed by atoms with Crippen LogP contribution < -0.4 is 11.2 Å². The molecule has 1 fully saturated rings. The van der Waals surface area contributed by atoms with Crippen molar-refractivity contribution in [2.24, 2.45) is 5.41 Å². The standard InChI is InChI=1S/C24H23ClF3N3O5/c1-13(8-9-15-10-23(2,3)21(35)29(15)4)30-12-16(20(33)34)19(32)31(22(30)36)11-14-6-5-7-17(25)18(14)24(26,27)28/h5-9,12H,10-11H2,1-4H3,(H,33,34). The summed E-state index contributed by atoms with van der Waals surface area (Å²) in [6.45, 7) is 4.18. The molecule has 1 N–H and O–H groups in total. The van der Waals surface area contributed by atoms with Crippen LogP contribution in [0, 0.1) is 5.41 Å². The SMILES string of the molecule is CC(=CC=C1CC(C)(C)C(=O)N1C)n1cc(C(=O)O)c(=O)n(Cc2cccc(Cl)c2C(F)(F)F)c1=O. The quantitative estimate of drug-likeness (QED) is 0.634. The van der Waals surface area contributed by atoms with Crippen molar-refractivity contribution in [2.75, 3.05) is 7.05 Å². The van der Waals surface area contributed by atoms with E-state index in [1.807, 2.05) is 0 Å². The van der Waals surface area contributed by atoms with Gasteiger partial charge in [-0.05, 0) is 30.7 Å². The highest BCUT2D eigenvalue weighted by molar-refractivity contribution is 6.31. The largest absolute Gasteiger partial charge is 0.477 e. The Labute approximate surface area is 208 Å². The van der Waals surface area contributed by atoms with Gasteiger partial charge in [0, 0.05) is 36.5 Å². The number of hydrogen-bond acceptors (Lipinski definition) is 4. The van der Waals surface area contributed by atoms with Crippen LogP contribution in [0.15, 0.2) is 51.8 Å². The van der Waals surface area contributed by atoms with Gasteiger partial charge in [0.05, 0.1) is 17.1 Å². The molecule has 1 aromatic carbocycles. The number of hydrogen-bond donors (Lipinski definition) is 1. The van der Waals surface area contributed by atoms with E-state index in [0.717, 1.165) is 22.9 Å². The number of carbonyl (C=O) groups excluding carboxylic acids is 1. The molecule has 1 amide bonds. The number of benzene rings is 1. The fourth-order valence-electron chi connectivity index (χ4n) is 4.03. The second kappa shape index (κ2) is 9.45. The molecular formula is C24H23ClF3N3O5. The predicted molar refractivity (Wildman–Crippen MR) is 127 cm³/mol. The maximum atomic E-state index is 13.6. The lowest BCUT2D eigenvalue weighted by Gasteiger charge is -2.17. The number of amides is 1. The molecule has 3 rings (SSSR count). The van der Waals surface area contributed by atoms with Crippen LogP contribution in [0.5, 0.6) is 0 Å². The summed E-state index contributed by atoms with van der Waals surface area (Å²) in [5.74, 6) is -1.75. The van der Waals surface area contributed by atoms with Gasteiger partial charge < -0.3 is 10.0 Å². The number of aromatic carboxylic acids is 1. The van der Waals surface area contributed by atoms with Gasteiger partial charge in [-0.2, -0.15) is 13.2 Å². The normalized spacial score (nSPS) is 17.2. The maximum absolute atomic E-state index is 13.6. The van der Waals surface area contributed by atoms with E-state index in [4.69, 9.17) is 11.6 Å². The van der Waals surface area contributed by atoms with Crippen LogP contribution in [-0.2, 0) is 17.5 Å². The lowest BCUT2D eigenvalue weighted by molar-refractivity contribution is -0.138. The summed E-state index contributed by atoms with van der Waals surface area (Å²) in [5.41, 5.74) is -4.59. The molecule has 8 nitrogen and oxygen atoms in total. The molecule has 2 aromatic rings. The summed E-state index contributed by atoms with van der Waals surface area (Å²) in [6, 6.07) is 3.31. The lowest BCUT2D eigenvalue weighted by atomic mass is 9.91. The lowest BCUT2D eigenvalue weighted by Crippen LogP contribution is -2.42. The Balaban J connectivity index is 2.16. The molecule has 0 atom stereocenters. The number of alkyl halides is 3. The predicted octanol–water partition coefficient (Wildman–Crippen LogP) is 4.06. The van der Waals surface area contributed by atoms with Crippen molar-refractivity contribution in [2.45, 2.75) is 39.9 Å². The molecule has 1 aliphatic rings. The fraction of sp³-hybridized carbons (Fsp3) is 0.333. The summed E-state index contributed by atoms with van der Waals surface area (Å²) < 4.78 is 42.1. The molecule has 192 valence electrons. The molecule has 1 aromatic heterocycles. The van der Waals surface area contributed by atoms with Crippen LogP contribution in [0.1, 0.15) is 48.7 Å². The Morgan fingerprint density at radius 2 is 1.86 bits per heavy atom. The summed E-state index contributed by atoms with van der Waals surface area (Å²) in [4.78, 5) is 51.4. The second-order valence-electron chi connectivity index (χ2n) is 9.05. The number of carbonyl (C=O) groups is 2. The highest BCUT2D eigenvalue weighted by atomic mass is 35.5. The smallest absolute Gasteiger partial charge is 0.418 e. The van der Waals surface area contributed by atoms with E-state index >= 15 is 0 Å². The van der Waals surface area contributed by atoms with E-state index in [1.165, 1.54) is 24.0 Å². The Hall–Kier alpha value is -3.60. The second-order valence-corrected chi connectivity index (χ2v) is 9.46. The van der Waals surface area contributed by atoms with E-state index in [-0.39, 0.29) is 11.6 Å². The van der Waals surface area contributed by atoms with Crippen LogP contribution in [0.4, 0.5) is 13.2 Å². The summed E-state index contributed by atoms with van der Waals surface area (Å²) in [5, 5.41) is 8.88. The van der Waals surface area contributed by atoms with Gasteiger partial charge in [0.2, 0.25) is 5.91 Å². The van der Waals surface area contributed by atoms with Crippen molar-refractivity contribution >= 4 is 29.2 Å². The number of carboxylic acids is 1. The van der Waals surface area contributed by atoms with Gasteiger partial charge in [0.1, 0.15) is 5.56 Å². The molecule has 1 saturated heterocycles. The Bertz CT molecular complexity index is 1430. The molecule has 0 unspecified atom stereocenters. The van der Waals surface area contributed by atoms with Crippen LogP contribution in [0.3, 0.4) is 0 Å². The van der Waals surface area contributed by atoms with Gasteiger partial charge in [-0.25, -0.2) is 9.59 Å². The van der Waals surface area contributed by atoms with E-state index in [0.29, 0.717) is 16.7 Å². The maximum Gasteiger partial charge on any atom is 0.418 e. The minimum Gasteiger partial charge on any atom is -0.477 e. The van der Waals surface area contributed by atoms with Crippen LogP contribution in [-0.4, -0.2) is 38.1 Å². The van der Waals surface area contributed by atoms with Crippen molar-refractivity contribution in [3.8, 4) is 0 Å². The number of nitrogens with zero attached hydrogens (tertiary/aromatic N) is 3. The van der Waals surface area contributed by atoms with E-state index < -0.39 is 57.1 Å². The Morgan fingerprint density at radius 1 is 1.22 bits per heavy atom. The zero-order chi connectivity index (χ0) is 27.2. The number of allylic oxidation sites excluding steroid dienone is 4. The number of carboxylic acid groups (broad SMARTS) is 1. The van der Waals surface area contributed by atoms with Gasteiger partial charge in [-0.1, -0.05) is 37.6 Å². The molecule has 0 aliphatic carbocycles. The number of rotatable bonds is 5. The highest BCUT2D eigenvalue weighted by Crippen LogP contribution is 2.38. The molecule has 0 bridgehead atoms. The van der Waals surface area contributed by atoms with E-state index in [2.05, 4.69) is 0 Å². The first kappa shape index (κ1) is 27.0. The number of aromatic nitrogens is 2. The molecule has 0 radical (unpaired) electrons. The van der Waals surface area contributed by atoms with Crippen molar-refractivity contribution < 1.29 is 27.9 Å². The van der Waals surface area contributed by atoms with Crippen molar-refractivity contribution in [1.82, 2.24) is 14.0 Å². The molecule has 1 aliphatic heterocycles. The van der Waals surface area contributed by atoms with Gasteiger partial charge in [0.15, 0.2) is 0 Å². The summed E-state index contributed by atoms with van der Waals surface area (Å²) in [7, 11) is 1.60. The average Bonchev–Trinajstić information content (AvgIpc) is 2.96. The average molecular weight is 526 g/mol. The molecule has 12 heteroatoms.